The Bertz CT molecular complexity index is 912. The Kier molecular flexibility index (Phi) is 12.8. The van der Waals surface area contributed by atoms with Gasteiger partial charge in [-0.1, -0.05) is 6.92 Å². The maximum Gasteiger partial charge on any atom is 0.187 e. The summed E-state index contributed by atoms with van der Waals surface area (Å²) in [5, 5.41) is 133. The zero-order chi connectivity index (χ0) is 33.3. The number of rotatable bonds is 10. The normalized spacial score (nSPS) is 52.9. The third kappa shape index (κ3) is 7.45. The molecule has 20 nitrogen and oxygen atoms in total. The van der Waals surface area contributed by atoms with Crippen molar-refractivity contribution in [3.8, 4) is 0 Å². The Labute approximate surface area is 256 Å². The maximum absolute atomic E-state index is 11.1. The summed E-state index contributed by atoms with van der Waals surface area (Å²) in [5.74, 6) is -1.05. The lowest BCUT2D eigenvalue weighted by Crippen LogP contribution is -2.66. The van der Waals surface area contributed by atoms with Gasteiger partial charge in [-0.15, -0.1) is 0 Å². The number of aliphatic hydroxyl groups excluding tert-OH is 13. The van der Waals surface area contributed by atoms with Gasteiger partial charge in [0, 0.05) is 5.92 Å². The van der Waals surface area contributed by atoms with E-state index >= 15 is 0 Å². The lowest BCUT2D eigenvalue weighted by Gasteiger charge is -2.49. The first-order valence-electron chi connectivity index (χ1n) is 14.4. The van der Waals surface area contributed by atoms with Crippen molar-refractivity contribution in [2.45, 2.75) is 124 Å². The van der Waals surface area contributed by atoms with Gasteiger partial charge in [0.1, 0.15) is 85.5 Å². The predicted octanol–water partition coefficient (Wildman–Crippen LogP) is -8.47. The highest BCUT2D eigenvalue weighted by Crippen LogP contribution is 2.36. The van der Waals surface area contributed by atoms with Gasteiger partial charge in [-0.2, -0.15) is 0 Å². The first-order valence-corrected chi connectivity index (χ1v) is 14.4. The Morgan fingerprint density at radius 2 is 0.844 bits per heavy atom. The first kappa shape index (κ1) is 37.0. The summed E-state index contributed by atoms with van der Waals surface area (Å²) in [4.78, 5) is 0. The van der Waals surface area contributed by atoms with E-state index in [1.165, 1.54) is 6.92 Å². The molecule has 4 heterocycles. The summed E-state index contributed by atoms with van der Waals surface area (Å²) in [6.45, 7) is -1.74. The summed E-state index contributed by atoms with van der Waals surface area (Å²) in [5.41, 5.74) is 0. The van der Waals surface area contributed by atoms with Gasteiger partial charge in [-0.25, -0.2) is 0 Å². The van der Waals surface area contributed by atoms with Crippen LogP contribution in [0.5, 0.6) is 0 Å². The van der Waals surface area contributed by atoms with Crippen LogP contribution in [0, 0.1) is 5.92 Å². The van der Waals surface area contributed by atoms with Crippen LogP contribution in [-0.2, 0) is 33.2 Å². The van der Waals surface area contributed by atoms with Gasteiger partial charge in [-0.3, -0.25) is 0 Å². The van der Waals surface area contributed by atoms with E-state index in [1.807, 2.05) is 0 Å². The van der Waals surface area contributed by atoms with Gasteiger partial charge in [0.25, 0.3) is 0 Å². The molecule has 0 aromatic rings. The molecule has 0 aromatic carbocycles. The van der Waals surface area contributed by atoms with Crippen LogP contribution in [0.1, 0.15) is 6.92 Å². The fourth-order valence-electron chi connectivity index (χ4n) is 5.73. The molecule has 0 aromatic heterocycles. The highest BCUT2D eigenvalue weighted by molar-refractivity contribution is 4.97. The molecule has 4 aliphatic heterocycles. The molecule has 13 N–H and O–H groups in total. The van der Waals surface area contributed by atoms with Crippen LogP contribution in [0.15, 0.2) is 0 Å². The van der Waals surface area contributed by atoms with Crippen molar-refractivity contribution in [3.63, 3.8) is 0 Å². The van der Waals surface area contributed by atoms with E-state index < -0.39 is 149 Å². The standard InChI is InChI=1S/C25H44O20/c1-6-11(30)19(43-24-17(36)14(33)12(31)7(2-26)40-24)10(5-29)42-23(6)45-21-13(32)8(3-27)41-25(18(21)37)44-20-9(4-28)39-22(38)16(35)15(20)34/h6-38H,2-5H2,1H3/t6?,7-,8?,9-,10?,11+,12-,13-,14?,15?,16?,17?,18?,19+,20+,21-,22?,23-,24-,25-/m0/s1. The largest absolute Gasteiger partial charge is 0.394 e. The first-order chi connectivity index (χ1) is 21.3. The summed E-state index contributed by atoms with van der Waals surface area (Å²) >= 11 is 0. The van der Waals surface area contributed by atoms with E-state index in [-0.39, 0.29) is 0 Å². The van der Waals surface area contributed by atoms with E-state index in [0.29, 0.717) is 0 Å². The van der Waals surface area contributed by atoms with Gasteiger partial charge >= 0.3 is 0 Å². The zero-order valence-electron chi connectivity index (χ0n) is 24.0. The zero-order valence-corrected chi connectivity index (χ0v) is 24.0. The quantitative estimate of drug-likeness (QED) is 0.103. The highest BCUT2D eigenvalue weighted by Gasteiger charge is 2.54. The molecular weight excluding hydrogens is 620 g/mol. The van der Waals surface area contributed by atoms with Crippen molar-refractivity contribution in [1.29, 1.82) is 0 Å². The fraction of sp³-hybridized carbons (Fsp3) is 1.00. The molecule has 0 saturated carbocycles. The van der Waals surface area contributed by atoms with Crippen molar-refractivity contribution in [1.82, 2.24) is 0 Å². The third-order valence-corrected chi connectivity index (χ3v) is 8.54. The second-order valence-corrected chi connectivity index (χ2v) is 11.5. The molecule has 20 atom stereocenters. The molecule has 0 amide bonds. The third-order valence-electron chi connectivity index (χ3n) is 8.54. The fourth-order valence-corrected chi connectivity index (χ4v) is 5.73. The van der Waals surface area contributed by atoms with E-state index in [9.17, 15) is 66.4 Å². The molecule has 4 saturated heterocycles. The summed E-state index contributed by atoms with van der Waals surface area (Å²) < 4.78 is 38.6. The van der Waals surface area contributed by atoms with Crippen molar-refractivity contribution >= 4 is 0 Å². The number of hydrogen-bond donors (Lipinski definition) is 13. The number of ether oxygens (including phenoxy) is 7. The van der Waals surface area contributed by atoms with Crippen LogP contribution in [0.3, 0.4) is 0 Å². The van der Waals surface area contributed by atoms with Crippen molar-refractivity contribution in [2.24, 2.45) is 5.92 Å². The smallest absolute Gasteiger partial charge is 0.187 e. The van der Waals surface area contributed by atoms with E-state index in [1.54, 1.807) is 0 Å². The molecule has 264 valence electrons. The molecule has 4 fully saturated rings. The highest BCUT2D eigenvalue weighted by atomic mass is 16.8. The monoisotopic (exact) mass is 664 g/mol. The van der Waals surface area contributed by atoms with E-state index in [2.05, 4.69) is 0 Å². The van der Waals surface area contributed by atoms with Crippen molar-refractivity contribution < 1.29 is 99.5 Å². The van der Waals surface area contributed by atoms with Gasteiger partial charge < -0.3 is 99.5 Å². The van der Waals surface area contributed by atoms with Gasteiger partial charge in [-0.05, 0) is 0 Å². The predicted molar refractivity (Wildman–Crippen MR) is 137 cm³/mol. The van der Waals surface area contributed by atoms with Gasteiger partial charge in [0.05, 0.1) is 32.5 Å². The summed E-state index contributed by atoms with van der Waals surface area (Å²) in [6, 6.07) is 0. The molecule has 0 aliphatic carbocycles. The number of hydrogen-bond acceptors (Lipinski definition) is 20. The van der Waals surface area contributed by atoms with Crippen molar-refractivity contribution in [2.75, 3.05) is 26.4 Å². The SMILES string of the molecule is CC1[C@H](O[C@@H]2C(O)[C@H](O[C@H]3C(O)C(O)C(O)O[C@H]3CO)OC(CO)[C@@H]2O)OC(CO)[C@@H](O[C@@H]2O[C@@H](CO)[C@H](O)C(O)C2O)[C@@H]1O. The van der Waals surface area contributed by atoms with Crippen LogP contribution in [0.25, 0.3) is 0 Å². The molecule has 0 bridgehead atoms. The lowest BCUT2D eigenvalue weighted by atomic mass is 9.91. The summed E-state index contributed by atoms with van der Waals surface area (Å²) in [7, 11) is 0. The Morgan fingerprint density at radius 3 is 1.40 bits per heavy atom. The van der Waals surface area contributed by atoms with Crippen molar-refractivity contribution in [3.05, 3.63) is 0 Å². The van der Waals surface area contributed by atoms with Crippen LogP contribution in [0.2, 0.25) is 0 Å². The molecule has 20 heteroatoms. The van der Waals surface area contributed by atoms with E-state index in [4.69, 9.17) is 33.2 Å². The molecule has 4 aliphatic rings. The van der Waals surface area contributed by atoms with Crippen LogP contribution in [-0.4, -0.2) is 210 Å². The van der Waals surface area contributed by atoms with Crippen LogP contribution >= 0.6 is 0 Å². The van der Waals surface area contributed by atoms with Crippen LogP contribution in [0.4, 0.5) is 0 Å². The minimum absolute atomic E-state index is 0.741. The van der Waals surface area contributed by atoms with Crippen LogP contribution < -0.4 is 0 Å². The molecule has 9 unspecified atom stereocenters. The second-order valence-electron chi connectivity index (χ2n) is 11.5. The number of aliphatic hydroxyl groups is 13. The molecular formula is C25H44O20. The Hall–Kier alpha value is -0.800. The minimum Gasteiger partial charge on any atom is -0.394 e. The minimum atomic E-state index is -1.90. The average Bonchev–Trinajstić information content (AvgIpc) is 3.03. The Morgan fingerprint density at radius 1 is 0.400 bits per heavy atom. The second kappa shape index (κ2) is 15.6. The lowest BCUT2D eigenvalue weighted by molar-refractivity contribution is -0.384. The molecule has 0 radical (unpaired) electrons. The van der Waals surface area contributed by atoms with Gasteiger partial charge in [0.2, 0.25) is 0 Å². The topological polar surface area (TPSA) is 328 Å². The maximum atomic E-state index is 11.1. The summed E-state index contributed by atoms with van der Waals surface area (Å²) in [6.07, 6.45) is -31.2. The van der Waals surface area contributed by atoms with E-state index in [0.717, 1.165) is 0 Å². The van der Waals surface area contributed by atoms with Gasteiger partial charge in [0.15, 0.2) is 25.2 Å². The molecule has 0 spiro atoms. The molecule has 4 rings (SSSR count). The molecule has 45 heavy (non-hydrogen) atoms. The Balaban J connectivity index is 1.48. The average molecular weight is 665 g/mol.